The molecule has 2 unspecified atom stereocenters. The fraction of sp³-hybridized carbons (Fsp3) is 0.538. The van der Waals surface area contributed by atoms with E-state index in [0.717, 1.165) is 50.3 Å². The maximum atomic E-state index is 12.5. The molecule has 5 atom stereocenters. The number of rotatable bonds is 3. The third-order valence-corrected chi connectivity index (χ3v) is 8.99. The highest BCUT2D eigenvalue weighted by Crippen LogP contribution is 2.67. The van der Waals surface area contributed by atoms with E-state index >= 15 is 0 Å². The molecule has 2 saturated carbocycles. The van der Waals surface area contributed by atoms with E-state index in [1.807, 2.05) is 0 Å². The smallest absolute Gasteiger partial charge is 0.165 e. The van der Waals surface area contributed by atoms with Crippen LogP contribution < -0.4 is 4.74 Å². The van der Waals surface area contributed by atoms with Crippen molar-refractivity contribution in [3.63, 3.8) is 0 Å². The number of likely N-dealkylation sites (tertiary alicyclic amines) is 1. The first-order valence-corrected chi connectivity index (χ1v) is 11.7. The van der Waals surface area contributed by atoms with E-state index in [0.29, 0.717) is 5.75 Å². The summed E-state index contributed by atoms with van der Waals surface area (Å²) in [4.78, 5) is 2.59. The summed E-state index contributed by atoms with van der Waals surface area (Å²) in [6, 6.07) is 14.7. The van der Waals surface area contributed by atoms with Crippen molar-refractivity contribution in [1.29, 1.82) is 0 Å². The Kier molecular flexibility index (Phi) is 3.41. The van der Waals surface area contributed by atoms with E-state index in [2.05, 4.69) is 41.3 Å². The van der Waals surface area contributed by atoms with Gasteiger partial charge in [-0.25, -0.2) is 0 Å². The highest BCUT2D eigenvalue weighted by atomic mass is 16.5. The van der Waals surface area contributed by atoms with Crippen molar-refractivity contribution in [3.8, 4) is 11.5 Å². The molecular formula is C26H29NO3. The largest absolute Gasteiger partial charge is 0.504 e. The molecule has 2 heterocycles. The van der Waals surface area contributed by atoms with Crippen LogP contribution in [0.3, 0.4) is 0 Å². The molecule has 2 bridgehead atoms. The van der Waals surface area contributed by atoms with Gasteiger partial charge in [-0.1, -0.05) is 36.4 Å². The minimum absolute atomic E-state index is 0.119. The number of hydrogen-bond acceptors (Lipinski definition) is 4. The Morgan fingerprint density at radius 2 is 1.87 bits per heavy atom. The summed E-state index contributed by atoms with van der Waals surface area (Å²) in [7, 11) is 0. The van der Waals surface area contributed by atoms with Gasteiger partial charge in [-0.15, -0.1) is 0 Å². The van der Waals surface area contributed by atoms with Crippen LogP contribution in [0.25, 0.3) is 0 Å². The molecule has 0 radical (unpaired) electrons. The number of ether oxygens (including phenoxy) is 1. The SMILES string of the molecule is Oc1ccc2c3c1OC1C(c4ccccc4)CC[C@@]4(O)[C@@H](C2)N(CC2CC2)CC[C@]314. The van der Waals surface area contributed by atoms with E-state index in [1.165, 1.54) is 24.0 Å². The average Bonchev–Trinajstić information content (AvgIpc) is 3.50. The predicted octanol–water partition coefficient (Wildman–Crippen LogP) is 3.74. The summed E-state index contributed by atoms with van der Waals surface area (Å²) in [5, 5.41) is 23.2. The second kappa shape index (κ2) is 5.80. The van der Waals surface area contributed by atoms with Crippen molar-refractivity contribution in [2.45, 2.75) is 67.6 Å². The van der Waals surface area contributed by atoms with Crippen LogP contribution in [-0.4, -0.2) is 45.9 Å². The van der Waals surface area contributed by atoms with E-state index in [4.69, 9.17) is 4.74 Å². The molecule has 1 saturated heterocycles. The van der Waals surface area contributed by atoms with Crippen LogP contribution in [0.4, 0.5) is 0 Å². The first kappa shape index (κ1) is 17.6. The fourth-order valence-corrected chi connectivity index (χ4v) is 7.52. The zero-order valence-electron chi connectivity index (χ0n) is 17.3. The molecule has 1 spiro atoms. The number of piperidine rings is 1. The number of phenolic OH excluding ortho intramolecular Hbond substituents is 1. The van der Waals surface area contributed by atoms with Crippen molar-refractivity contribution in [3.05, 3.63) is 59.2 Å². The lowest BCUT2D eigenvalue weighted by Crippen LogP contribution is -2.76. The lowest BCUT2D eigenvalue weighted by molar-refractivity contribution is -0.190. The van der Waals surface area contributed by atoms with Gasteiger partial charge in [0.2, 0.25) is 0 Å². The first-order valence-electron chi connectivity index (χ1n) is 11.7. The van der Waals surface area contributed by atoms with E-state index in [9.17, 15) is 10.2 Å². The Labute approximate surface area is 177 Å². The van der Waals surface area contributed by atoms with Crippen LogP contribution in [-0.2, 0) is 11.8 Å². The third kappa shape index (κ3) is 2.04. The van der Waals surface area contributed by atoms with E-state index in [-0.39, 0.29) is 23.8 Å². The van der Waals surface area contributed by atoms with Gasteiger partial charge in [-0.2, -0.15) is 0 Å². The van der Waals surface area contributed by atoms with Gasteiger partial charge in [0.1, 0.15) is 6.10 Å². The molecule has 3 fully saturated rings. The minimum Gasteiger partial charge on any atom is -0.504 e. The Bertz CT molecular complexity index is 1020. The average molecular weight is 404 g/mol. The Morgan fingerprint density at radius 1 is 1.03 bits per heavy atom. The summed E-state index contributed by atoms with van der Waals surface area (Å²) in [5.41, 5.74) is 2.47. The summed E-state index contributed by atoms with van der Waals surface area (Å²) in [6.07, 6.45) is 6.04. The molecule has 2 aromatic rings. The molecule has 0 amide bonds. The Morgan fingerprint density at radius 3 is 2.67 bits per heavy atom. The van der Waals surface area contributed by atoms with Crippen LogP contribution in [0.1, 0.15) is 54.7 Å². The lowest BCUT2D eigenvalue weighted by Gasteiger charge is -2.64. The second-order valence-corrected chi connectivity index (χ2v) is 10.3. The zero-order valence-corrected chi connectivity index (χ0v) is 17.3. The van der Waals surface area contributed by atoms with Crippen molar-refractivity contribution in [2.75, 3.05) is 13.1 Å². The molecule has 0 aromatic heterocycles. The predicted molar refractivity (Wildman–Crippen MR) is 114 cm³/mol. The molecule has 30 heavy (non-hydrogen) atoms. The Balaban J connectivity index is 1.42. The van der Waals surface area contributed by atoms with Crippen molar-refractivity contribution in [1.82, 2.24) is 4.90 Å². The van der Waals surface area contributed by atoms with Crippen LogP contribution in [0.5, 0.6) is 11.5 Å². The number of aromatic hydroxyl groups is 1. The number of phenols is 1. The van der Waals surface area contributed by atoms with Gasteiger partial charge in [-0.05, 0) is 68.2 Å². The van der Waals surface area contributed by atoms with Gasteiger partial charge in [0.25, 0.3) is 0 Å². The second-order valence-electron chi connectivity index (χ2n) is 10.3. The first-order chi connectivity index (χ1) is 14.6. The molecule has 3 aliphatic carbocycles. The molecule has 5 aliphatic rings. The van der Waals surface area contributed by atoms with E-state index in [1.54, 1.807) is 6.07 Å². The number of aliphatic hydroxyl groups is 1. The van der Waals surface area contributed by atoms with Crippen LogP contribution in [0.2, 0.25) is 0 Å². The minimum atomic E-state index is -0.790. The number of nitrogens with zero attached hydrogens (tertiary/aromatic N) is 1. The highest BCUT2D eigenvalue weighted by Gasteiger charge is 2.72. The van der Waals surface area contributed by atoms with Crippen LogP contribution in [0, 0.1) is 5.92 Å². The quantitative estimate of drug-likeness (QED) is 0.820. The fourth-order valence-electron chi connectivity index (χ4n) is 7.52. The molecule has 2 N–H and O–H groups in total. The Hall–Kier alpha value is -2.04. The third-order valence-electron chi connectivity index (χ3n) is 8.99. The molecule has 2 aliphatic heterocycles. The number of benzene rings is 2. The van der Waals surface area contributed by atoms with Crippen molar-refractivity contribution < 1.29 is 14.9 Å². The van der Waals surface area contributed by atoms with Crippen LogP contribution in [0.15, 0.2) is 42.5 Å². The van der Waals surface area contributed by atoms with Gasteiger partial charge in [0.15, 0.2) is 11.5 Å². The zero-order chi connectivity index (χ0) is 20.1. The summed E-state index contributed by atoms with van der Waals surface area (Å²) >= 11 is 0. The topological polar surface area (TPSA) is 52.9 Å². The molecule has 4 nitrogen and oxygen atoms in total. The maximum absolute atomic E-state index is 12.5. The van der Waals surface area contributed by atoms with Gasteiger partial charge in [-0.3, -0.25) is 4.90 Å². The summed E-state index contributed by atoms with van der Waals surface area (Å²) < 4.78 is 6.64. The van der Waals surface area contributed by atoms with Gasteiger partial charge >= 0.3 is 0 Å². The molecular weight excluding hydrogens is 374 g/mol. The molecule has 156 valence electrons. The van der Waals surface area contributed by atoms with Gasteiger partial charge in [0, 0.05) is 24.1 Å². The van der Waals surface area contributed by atoms with E-state index < -0.39 is 11.0 Å². The molecule has 2 aromatic carbocycles. The van der Waals surface area contributed by atoms with Crippen LogP contribution >= 0.6 is 0 Å². The van der Waals surface area contributed by atoms with Crippen molar-refractivity contribution >= 4 is 0 Å². The molecule has 4 heteroatoms. The van der Waals surface area contributed by atoms with Crippen molar-refractivity contribution in [2.24, 2.45) is 5.92 Å². The lowest BCUT2D eigenvalue weighted by atomic mass is 9.47. The maximum Gasteiger partial charge on any atom is 0.165 e. The van der Waals surface area contributed by atoms with Gasteiger partial charge < -0.3 is 14.9 Å². The number of hydrogen-bond donors (Lipinski definition) is 2. The summed E-state index contributed by atoms with van der Waals surface area (Å²) in [5.74, 6) is 1.92. The highest BCUT2D eigenvalue weighted by molar-refractivity contribution is 5.63. The van der Waals surface area contributed by atoms with Gasteiger partial charge in [0.05, 0.1) is 11.0 Å². The standard InChI is InChI=1S/C26H29NO3/c28-20-9-8-18-14-21-26(29)11-10-19(17-4-2-1-3-5-17)24-25(26,22(18)23(20)30-24)12-13-27(21)15-16-6-7-16/h1-5,8-9,16,19,21,24,28-29H,6-7,10-15H2/t19?,21-,24?,25+,26-/m1/s1. The summed E-state index contributed by atoms with van der Waals surface area (Å²) in [6.45, 7) is 2.14. The molecule has 7 rings (SSSR count). The normalized spacial score (nSPS) is 38.8. The monoisotopic (exact) mass is 403 g/mol.